The fourth-order valence-corrected chi connectivity index (χ4v) is 6.56. The number of aryl methyl sites for hydroxylation is 1. The van der Waals surface area contributed by atoms with Crippen molar-refractivity contribution in [2.24, 2.45) is 5.92 Å². The van der Waals surface area contributed by atoms with E-state index in [4.69, 9.17) is 0 Å². The molecule has 2 heterocycles. The second-order valence-corrected chi connectivity index (χ2v) is 10.7. The van der Waals surface area contributed by atoms with Crippen molar-refractivity contribution in [1.29, 1.82) is 0 Å². The van der Waals surface area contributed by atoms with E-state index in [0.29, 0.717) is 18.5 Å². The Morgan fingerprint density at radius 2 is 1.71 bits per heavy atom. The van der Waals surface area contributed by atoms with Crippen molar-refractivity contribution in [3.05, 3.63) is 94.8 Å². The molecule has 0 spiro atoms. The summed E-state index contributed by atoms with van der Waals surface area (Å²) in [4.78, 5) is 0.270. The summed E-state index contributed by atoms with van der Waals surface area (Å²) in [7, 11) is -3.72. The maximum Gasteiger partial charge on any atom is 0.243 e. The summed E-state index contributed by atoms with van der Waals surface area (Å²) in [5, 5.41) is 13.4. The Balaban J connectivity index is 1.54. The van der Waals surface area contributed by atoms with Crippen LogP contribution in [-0.4, -0.2) is 37.0 Å². The summed E-state index contributed by atoms with van der Waals surface area (Å²) in [6.45, 7) is 2.23. The Hall–Kier alpha value is -3.18. The molecule has 3 atom stereocenters. The average molecular weight is 477 g/mol. The minimum Gasteiger partial charge on any atom is -0.394 e. The van der Waals surface area contributed by atoms with Crippen molar-refractivity contribution >= 4 is 15.7 Å². The molecule has 7 heteroatoms. The first-order valence-corrected chi connectivity index (χ1v) is 12.7. The van der Waals surface area contributed by atoms with Crippen molar-refractivity contribution in [1.82, 2.24) is 4.31 Å². The molecule has 34 heavy (non-hydrogen) atoms. The molecule has 0 amide bonds. The maximum atomic E-state index is 13.6. The number of aliphatic hydroxyl groups excluding tert-OH is 1. The fourth-order valence-electron chi connectivity index (χ4n) is 4.89. The minimum atomic E-state index is -3.72. The van der Waals surface area contributed by atoms with E-state index in [9.17, 15) is 17.9 Å². The molecular weight excluding hydrogens is 451 g/mol. The van der Waals surface area contributed by atoms with E-state index in [1.165, 1.54) is 12.1 Å². The number of nitrogens with zero attached hydrogens (tertiary/aromatic N) is 1. The van der Waals surface area contributed by atoms with Crippen LogP contribution in [0.5, 0.6) is 0 Å². The first-order chi connectivity index (χ1) is 16.4. The standard InChI is InChI=1S/C27H25FN2O3S/c1-18-2-11-22(12-3-18)34(32,33)30-15-14-23-26(17-31)29-25-13-8-20(16-24(25)27(23)30)5-4-19-6-9-21(28)10-7-19/h2-3,6-13,16,23,26-27,29,31H,14-15,17H2,1H3/t23-,26+,27-/m0/s1. The Morgan fingerprint density at radius 3 is 2.41 bits per heavy atom. The van der Waals surface area contributed by atoms with Crippen molar-refractivity contribution < 1.29 is 17.9 Å². The molecule has 0 aliphatic carbocycles. The lowest BCUT2D eigenvalue weighted by Gasteiger charge is -2.38. The molecule has 0 bridgehead atoms. The van der Waals surface area contributed by atoms with Crippen LogP contribution >= 0.6 is 0 Å². The van der Waals surface area contributed by atoms with Crippen LogP contribution in [0.1, 0.15) is 34.7 Å². The third kappa shape index (κ3) is 4.09. The van der Waals surface area contributed by atoms with Gasteiger partial charge in [-0.15, -0.1) is 0 Å². The molecule has 2 aliphatic rings. The molecule has 0 saturated carbocycles. The van der Waals surface area contributed by atoms with Gasteiger partial charge in [-0.2, -0.15) is 4.31 Å². The lowest BCUT2D eigenvalue weighted by Crippen LogP contribution is -2.42. The van der Waals surface area contributed by atoms with E-state index in [1.54, 1.807) is 40.7 Å². The number of fused-ring (bicyclic) bond motifs is 3. The number of benzene rings is 3. The van der Waals surface area contributed by atoms with Crippen LogP contribution in [0, 0.1) is 30.5 Å². The minimum absolute atomic E-state index is 0.0574. The summed E-state index contributed by atoms with van der Waals surface area (Å²) >= 11 is 0. The number of anilines is 1. The van der Waals surface area contributed by atoms with Crippen molar-refractivity contribution in [3.8, 4) is 11.8 Å². The van der Waals surface area contributed by atoms with Gasteiger partial charge >= 0.3 is 0 Å². The Labute approximate surface area is 199 Å². The Kier molecular flexibility index (Phi) is 5.90. The third-order valence-electron chi connectivity index (χ3n) is 6.65. The van der Waals surface area contributed by atoms with E-state index in [1.807, 2.05) is 25.1 Å². The molecule has 3 aromatic rings. The highest BCUT2D eigenvalue weighted by Gasteiger charge is 2.48. The van der Waals surface area contributed by atoms with Gasteiger partial charge in [0.25, 0.3) is 0 Å². The molecule has 174 valence electrons. The smallest absolute Gasteiger partial charge is 0.243 e. The summed E-state index contributed by atoms with van der Waals surface area (Å²) in [5.41, 5.74) is 4.09. The number of aliphatic hydroxyl groups is 1. The summed E-state index contributed by atoms with van der Waals surface area (Å²) in [5.74, 6) is 5.78. The first kappa shape index (κ1) is 22.6. The highest BCUT2D eigenvalue weighted by atomic mass is 32.2. The second-order valence-electron chi connectivity index (χ2n) is 8.82. The van der Waals surface area contributed by atoms with Gasteiger partial charge in [0.05, 0.1) is 23.6 Å². The zero-order chi connectivity index (χ0) is 23.9. The molecule has 2 N–H and O–H groups in total. The van der Waals surface area contributed by atoms with Gasteiger partial charge in [0.1, 0.15) is 5.82 Å². The molecule has 0 radical (unpaired) electrons. The van der Waals surface area contributed by atoms with Gasteiger partial charge in [0.15, 0.2) is 0 Å². The van der Waals surface area contributed by atoms with E-state index in [2.05, 4.69) is 17.2 Å². The zero-order valence-corrected chi connectivity index (χ0v) is 19.5. The second kappa shape index (κ2) is 8.88. The number of rotatable bonds is 3. The number of nitrogens with one attached hydrogen (secondary N) is 1. The van der Waals surface area contributed by atoms with Gasteiger partial charge < -0.3 is 10.4 Å². The molecule has 5 rings (SSSR count). The lowest BCUT2D eigenvalue weighted by atomic mass is 9.83. The van der Waals surface area contributed by atoms with Crippen LogP contribution in [0.2, 0.25) is 0 Å². The van der Waals surface area contributed by atoms with Gasteiger partial charge in [-0.3, -0.25) is 0 Å². The zero-order valence-electron chi connectivity index (χ0n) is 18.7. The lowest BCUT2D eigenvalue weighted by molar-refractivity contribution is 0.210. The van der Waals surface area contributed by atoms with Gasteiger partial charge in [-0.05, 0) is 73.5 Å². The molecule has 5 nitrogen and oxygen atoms in total. The van der Waals surface area contributed by atoms with Crippen LogP contribution in [0.15, 0.2) is 71.6 Å². The topological polar surface area (TPSA) is 69.6 Å². The largest absolute Gasteiger partial charge is 0.394 e. The van der Waals surface area contributed by atoms with Gasteiger partial charge in [0, 0.05) is 29.3 Å². The predicted octanol–water partition coefficient (Wildman–Crippen LogP) is 4.07. The first-order valence-electron chi connectivity index (χ1n) is 11.2. The summed E-state index contributed by atoms with van der Waals surface area (Å²) in [6.07, 6.45) is 0.652. The number of hydrogen-bond acceptors (Lipinski definition) is 4. The van der Waals surface area contributed by atoms with E-state index < -0.39 is 16.1 Å². The van der Waals surface area contributed by atoms with Crippen molar-refractivity contribution in [2.45, 2.75) is 30.3 Å². The van der Waals surface area contributed by atoms with Crippen LogP contribution in [0.25, 0.3) is 0 Å². The predicted molar refractivity (Wildman–Crippen MR) is 129 cm³/mol. The fraction of sp³-hybridized carbons (Fsp3) is 0.259. The normalized spacial score (nSPS) is 21.7. The highest BCUT2D eigenvalue weighted by molar-refractivity contribution is 7.89. The molecular formula is C27H25FN2O3S. The monoisotopic (exact) mass is 476 g/mol. The van der Waals surface area contributed by atoms with Gasteiger partial charge in [-0.1, -0.05) is 29.5 Å². The molecule has 1 fully saturated rings. The number of sulfonamides is 1. The Morgan fingerprint density at radius 1 is 1.03 bits per heavy atom. The van der Waals surface area contributed by atoms with Crippen LogP contribution in [0.3, 0.4) is 0 Å². The highest BCUT2D eigenvalue weighted by Crippen LogP contribution is 2.48. The van der Waals surface area contributed by atoms with Crippen LogP contribution < -0.4 is 5.32 Å². The van der Waals surface area contributed by atoms with Gasteiger partial charge in [0.2, 0.25) is 10.0 Å². The maximum absolute atomic E-state index is 13.6. The quantitative estimate of drug-likeness (QED) is 0.559. The summed E-state index contributed by atoms with van der Waals surface area (Å²) in [6, 6.07) is 17.9. The van der Waals surface area contributed by atoms with Crippen LogP contribution in [0.4, 0.5) is 10.1 Å². The molecule has 2 aliphatic heterocycles. The van der Waals surface area contributed by atoms with E-state index in [-0.39, 0.29) is 29.3 Å². The van der Waals surface area contributed by atoms with E-state index in [0.717, 1.165) is 22.4 Å². The Bertz CT molecular complexity index is 1380. The third-order valence-corrected chi connectivity index (χ3v) is 8.54. The van der Waals surface area contributed by atoms with Gasteiger partial charge in [-0.25, -0.2) is 12.8 Å². The molecule has 0 unspecified atom stereocenters. The summed E-state index contributed by atoms with van der Waals surface area (Å²) < 4.78 is 42.0. The molecule has 1 saturated heterocycles. The SMILES string of the molecule is Cc1ccc(S(=O)(=O)N2CC[C@@H]3[C@H]2c2cc(C#Cc4ccc(F)cc4)ccc2N[C@@H]3CO)cc1. The number of hydrogen-bond donors (Lipinski definition) is 2. The van der Waals surface area contributed by atoms with Crippen molar-refractivity contribution in [2.75, 3.05) is 18.5 Å². The number of halogens is 1. The van der Waals surface area contributed by atoms with E-state index >= 15 is 0 Å². The molecule has 0 aromatic heterocycles. The van der Waals surface area contributed by atoms with Crippen molar-refractivity contribution in [3.63, 3.8) is 0 Å². The van der Waals surface area contributed by atoms with Crippen LogP contribution in [-0.2, 0) is 10.0 Å². The molecule has 3 aromatic carbocycles. The average Bonchev–Trinajstić information content (AvgIpc) is 3.30.